The summed E-state index contributed by atoms with van der Waals surface area (Å²) in [7, 11) is 0. The van der Waals surface area contributed by atoms with Crippen LogP contribution < -0.4 is 21.3 Å². The number of likely N-dealkylation sites (tertiary alicyclic amines) is 2. The molecule has 0 aromatic rings. The molecule has 0 radical (unpaired) electrons. The molecular formula is C33H54N6O6S. The van der Waals surface area contributed by atoms with Gasteiger partial charge in [0, 0.05) is 32.6 Å². The van der Waals surface area contributed by atoms with Crippen LogP contribution in [0.3, 0.4) is 0 Å². The Kier molecular flexibility index (Phi) is 14.4. The first-order chi connectivity index (χ1) is 21.9. The molecule has 6 amide bonds. The third-order valence-electron chi connectivity index (χ3n) is 9.08. The number of rotatable bonds is 14. The normalized spacial score (nSPS) is 21.1. The Bertz CT molecular complexity index is 1120. The van der Waals surface area contributed by atoms with Gasteiger partial charge in [-0.05, 0) is 55.6 Å². The zero-order valence-electron chi connectivity index (χ0n) is 28.0. The van der Waals surface area contributed by atoms with Gasteiger partial charge in [0.1, 0.15) is 17.5 Å². The van der Waals surface area contributed by atoms with Crippen LogP contribution >= 0.6 is 11.8 Å². The molecule has 2 saturated heterocycles. The van der Waals surface area contributed by atoms with E-state index in [0.29, 0.717) is 44.6 Å². The van der Waals surface area contributed by atoms with Crippen LogP contribution in [-0.2, 0) is 24.0 Å². The molecule has 3 fully saturated rings. The molecule has 1 saturated carbocycles. The SMILES string of the molecule is C=CCNC(=O)C(=O)C(NC(=O)[C@@H]1CCCN1C(=O)[C@@H](NC(=O)N[C@H](CN1CCCCC1=O)C1CCCCC1)C(C)(C)C)SCC. The van der Waals surface area contributed by atoms with E-state index in [1.54, 1.807) is 0 Å². The number of carbonyl (C=O) groups excluding carboxylic acids is 6. The molecule has 2 aliphatic heterocycles. The van der Waals surface area contributed by atoms with Gasteiger partial charge in [0.15, 0.2) is 0 Å². The van der Waals surface area contributed by atoms with Gasteiger partial charge in [-0.15, -0.1) is 18.3 Å². The average molecular weight is 663 g/mol. The van der Waals surface area contributed by atoms with Gasteiger partial charge in [-0.3, -0.25) is 24.0 Å². The fraction of sp³-hybridized carbons (Fsp3) is 0.758. The molecule has 4 atom stereocenters. The Labute approximate surface area is 278 Å². The second-order valence-electron chi connectivity index (χ2n) is 13.6. The van der Waals surface area contributed by atoms with Crippen molar-refractivity contribution < 1.29 is 28.8 Å². The molecule has 4 N–H and O–H groups in total. The summed E-state index contributed by atoms with van der Waals surface area (Å²) in [5.41, 5.74) is -0.680. The van der Waals surface area contributed by atoms with Crippen molar-refractivity contribution in [2.45, 2.75) is 115 Å². The van der Waals surface area contributed by atoms with Crippen LogP contribution in [0.5, 0.6) is 0 Å². The highest BCUT2D eigenvalue weighted by atomic mass is 32.2. The third kappa shape index (κ3) is 10.5. The maximum absolute atomic E-state index is 14.1. The van der Waals surface area contributed by atoms with E-state index in [1.807, 2.05) is 32.6 Å². The van der Waals surface area contributed by atoms with Crippen LogP contribution in [0.4, 0.5) is 4.79 Å². The lowest BCUT2D eigenvalue weighted by Crippen LogP contribution is -2.61. The number of thioether (sulfide) groups is 1. The summed E-state index contributed by atoms with van der Waals surface area (Å²) in [6.07, 6.45) is 10.1. The smallest absolute Gasteiger partial charge is 0.315 e. The van der Waals surface area contributed by atoms with Crippen molar-refractivity contribution in [1.29, 1.82) is 0 Å². The Morgan fingerprint density at radius 3 is 2.30 bits per heavy atom. The summed E-state index contributed by atoms with van der Waals surface area (Å²) in [6.45, 7) is 12.5. The lowest BCUT2D eigenvalue weighted by Gasteiger charge is -2.38. The van der Waals surface area contributed by atoms with Crippen molar-refractivity contribution in [2.24, 2.45) is 11.3 Å². The van der Waals surface area contributed by atoms with Crippen LogP contribution in [-0.4, -0.2) is 101 Å². The summed E-state index contributed by atoms with van der Waals surface area (Å²) in [6, 6.07) is -2.47. The molecule has 1 unspecified atom stereocenters. The number of ketones is 1. The minimum atomic E-state index is -1.09. The molecule has 258 valence electrons. The summed E-state index contributed by atoms with van der Waals surface area (Å²) >= 11 is 1.13. The molecule has 3 aliphatic rings. The van der Waals surface area contributed by atoms with Gasteiger partial charge in [-0.25, -0.2) is 4.79 Å². The number of nitrogens with one attached hydrogen (secondary N) is 4. The van der Waals surface area contributed by atoms with Crippen LogP contribution in [0, 0.1) is 11.3 Å². The molecule has 2 heterocycles. The monoisotopic (exact) mass is 662 g/mol. The molecule has 0 bridgehead atoms. The standard InChI is InChI=1S/C33H54N6O6S/c1-6-18-34-29(43)26(41)30(46-7-2)37-28(42)24-16-13-20-39(24)31(44)27(33(3,4)5)36-32(45)35-23(22-14-9-8-10-15-22)21-38-19-12-11-17-25(38)40/h6,22-24,27,30H,1,7-21H2,2-5H3,(H,34,43)(H,37,42)(H2,35,36,45)/t23-,24+,27-,30?/m1/s1. The van der Waals surface area contributed by atoms with Crippen molar-refractivity contribution in [2.75, 3.05) is 31.9 Å². The van der Waals surface area contributed by atoms with E-state index >= 15 is 0 Å². The highest BCUT2D eigenvalue weighted by Crippen LogP contribution is 2.29. The summed E-state index contributed by atoms with van der Waals surface area (Å²) in [4.78, 5) is 82.1. The summed E-state index contributed by atoms with van der Waals surface area (Å²) < 4.78 is 0. The number of hydrogen-bond donors (Lipinski definition) is 4. The van der Waals surface area contributed by atoms with E-state index in [9.17, 15) is 28.8 Å². The van der Waals surface area contributed by atoms with Crippen LogP contribution in [0.25, 0.3) is 0 Å². The molecule has 0 aromatic carbocycles. The van der Waals surface area contributed by atoms with Gasteiger partial charge in [0.2, 0.25) is 17.7 Å². The van der Waals surface area contributed by atoms with Crippen molar-refractivity contribution >= 4 is 47.2 Å². The van der Waals surface area contributed by atoms with Crippen molar-refractivity contribution in [1.82, 2.24) is 31.1 Å². The predicted molar refractivity (Wildman–Crippen MR) is 179 cm³/mol. The molecular weight excluding hydrogens is 608 g/mol. The third-order valence-corrected chi connectivity index (χ3v) is 10.1. The second kappa shape index (κ2) is 17.7. The Morgan fingerprint density at radius 1 is 0.957 bits per heavy atom. The van der Waals surface area contributed by atoms with Crippen molar-refractivity contribution in [3.8, 4) is 0 Å². The largest absolute Gasteiger partial charge is 0.346 e. The molecule has 13 heteroatoms. The maximum Gasteiger partial charge on any atom is 0.315 e. The highest BCUT2D eigenvalue weighted by Gasteiger charge is 2.43. The van der Waals surface area contributed by atoms with Gasteiger partial charge in [0.25, 0.3) is 11.7 Å². The zero-order valence-corrected chi connectivity index (χ0v) is 28.8. The topological polar surface area (TPSA) is 157 Å². The van der Waals surface area contributed by atoms with Crippen molar-refractivity contribution in [3.05, 3.63) is 12.7 Å². The van der Waals surface area contributed by atoms with Crippen molar-refractivity contribution in [3.63, 3.8) is 0 Å². The molecule has 1 aliphatic carbocycles. The highest BCUT2D eigenvalue weighted by molar-refractivity contribution is 8.00. The van der Waals surface area contributed by atoms with Gasteiger partial charge >= 0.3 is 6.03 Å². The second-order valence-corrected chi connectivity index (χ2v) is 15.0. The maximum atomic E-state index is 14.1. The van der Waals surface area contributed by atoms with E-state index in [4.69, 9.17) is 0 Å². The number of nitrogens with zero attached hydrogens (tertiary/aromatic N) is 2. The van der Waals surface area contributed by atoms with E-state index < -0.39 is 46.5 Å². The quantitative estimate of drug-likeness (QED) is 0.127. The fourth-order valence-electron chi connectivity index (χ4n) is 6.55. The van der Waals surface area contributed by atoms with Crippen LogP contribution in [0.1, 0.15) is 91.9 Å². The van der Waals surface area contributed by atoms with E-state index in [-0.39, 0.29) is 30.3 Å². The van der Waals surface area contributed by atoms with E-state index in [1.165, 1.54) is 11.0 Å². The number of hydrogen-bond acceptors (Lipinski definition) is 7. The first-order valence-electron chi connectivity index (χ1n) is 16.9. The average Bonchev–Trinajstić information content (AvgIpc) is 3.52. The zero-order chi connectivity index (χ0) is 33.9. The first-order valence-corrected chi connectivity index (χ1v) is 17.9. The number of urea groups is 1. The molecule has 0 aromatic heterocycles. The number of carbonyl (C=O) groups is 6. The minimum absolute atomic E-state index is 0.119. The number of Topliss-reactive ketones (excluding diaryl/α,β-unsaturated/α-hetero) is 1. The number of piperidine rings is 1. The molecule has 0 spiro atoms. The molecule has 46 heavy (non-hydrogen) atoms. The predicted octanol–water partition coefficient (Wildman–Crippen LogP) is 2.72. The Balaban J connectivity index is 1.72. The van der Waals surface area contributed by atoms with E-state index in [2.05, 4.69) is 27.8 Å². The van der Waals surface area contributed by atoms with Crippen LogP contribution in [0.2, 0.25) is 0 Å². The number of amides is 6. The molecule has 3 rings (SSSR count). The van der Waals surface area contributed by atoms with Gasteiger partial charge in [-0.1, -0.05) is 53.0 Å². The van der Waals surface area contributed by atoms with Gasteiger partial charge in [-0.2, -0.15) is 0 Å². The van der Waals surface area contributed by atoms with Crippen LogP contribution in [0.15, 0.2) is 12.7 Å². The Morgan fingerprint density at radius 2 is 1.67 bits per heavy atom. The summed E-state index contributed by atoms with van der Waals surface area (Å²) in [5, 5.41) is 10.1. The first kappa shape index (κ1) is 37.4. The lowest BCUT2D eigenvalue weighted by atomic mass is 9.83. The molecule has 12 nitrogen and oxygen atoms in total. The minimum Gasteiger partial charge on any atom is -0.346 e. The lowest BCUT2D eigenvalue weighted by molar-refractivity contribution is -0.143. The van der Waals surface area contributed by atoms with Gasteiger partial charge < -0.3 is 31.1 Å². The fourth-order valence-corrected chi connectivity index (χ4v) is 7.34. The van der Waals surface area contributed by atoms with E-state index in [0.717, 1.165) is 56.7 Å². The summed E-state index contributed by atoms with van der Waals surface area (Å²) in [5.74, 6) is -1.63. The Hall–Kier alpha value is -3.09. The van der Waals surface area contributed by atoms with Gasteiger partial charge in [0.05, 0.1) is 6.04 Å².